The molecule has 0 bridgehead atoms. The normalized spacial score (nSPS) is 30.8. The van der Waals surface area contributed by atoms with Crippen molar-refractivity contribution in [1.29, 1.82) is 0 Å². The largest absolute Gasteiger partial charge is 0.327 e. The lowest BCUT2D eigenvalue weighted by molar-refractivity contribution is -0.143. The number of nitrogens with two attached hydrogens (primary N) is 1. The van der Waals surface area contributed by atoms with E-state index in [4.69, 9.17) is 5.73 Å². The predicted octanol–water partition coefficient (Wildman–Crippen LogP) is 1.43. The monoisotopic (exact) mass is 238 g/mol. The van der Waals surface area contributed by atoms with Gasteiger partial charge in [-0.2, -0.15) is 0 Å². The van der Waals surface area contributed by atoms with Gasteiger partial charge in [-0.05, 0) is 38.0 Å². The highest BCUT2D eigenvalue weighted by molar-refractivity contribution is 5.95. The summed E-state index contributed by atoms with van der Waals surface area (Å²) in [4.78, 5) is 25.0. The molecule has 0 spiro atoms. The summed E-state index contributed by atoms with van der Waals surface area (Å²) in [7, 11) is 0. The van der Waals surface area contributed by atoms with Gasteiger partial charge in [0.2, 0.25) is 11.8 Å². The van der Waals surface area contributed by atoms with Crippen molar-refractivity contribution in [3.8, 4) is 0 Å². The first-order valence-electron chi connectivity index (χ1n) is 6.77. The molecule has 2 aliphatic rings. The van der Waals surface area contributed by atoms with E-state index in [1.807, 2.05) is 0 Å². The Balaban J connectivity index is 1.87. The standard InChI is InChI=1S/C13H22N2O2/c14-11-5-3-4-10(11)8-9-15-12(16)6-1-2-7-13(15)17/h10-11H,1-9,14H2. The molecule has 1 aliphatic carbocycles. The van der Waals surface area contributed by atoms with Crippen LogP contribution in [-0.2, 0) is 9.59 Å². The maximum atomic E-state index is 11.8. The van der Waals surface area contributed by atoms with Gasteiger partial charge < -0.3 is 5.73 Å². The van der Waals surface area contributed by atoms with Gasteiger partial charge in [0.15, 0.2) is 0 Å². The van der Waals surface area contributed by atoms with Crippen molar-refractivity contribution in [3.05, 3.63) is 0 Å². The lowest BCUT2D eigenvalue weighted by Crippen LogP contribution is -2.38. The highest BCUT2D eigenvalue weighted by atomic mass is 16.2. The van der Waals surface area contributed by atoms with E-state index in [1.54, 1.807) is 0 Å². The molecular weight excluding hydrogens is 216 g/mol. The smallest absolute Gasteiger partial charge is 0.229 e. The number of imide groups is 1. The quantitative estimate of drug-likeness (QED) is 0.757. The van der Waals surface area contributed by atoms with Gasteiger partial charge in [-0.15, -0.1) is 0 Å². The van der Waals surface area contributed by atoms with Crippen LogP contribution in [0.4, 0.5) is 0 Å². The number of rotatable bonds is 3. The molecule has 2 fully saturated rings. The SMILES string of the molecule is NC1CCCC1CCN1C(=O)CCCCC1=O. The van der Waals surface area contributed by atoms with E-state index < -0.39 is 0 Å². The molecule has 2 amide bonds. The summed E-state index contributed by atoms with van der Waals surface area (Å²) < 4.78 is 0. The lowest BCUT2D eigenvalue weighted by atomic mass is 10.00. The lowest BCUT2D eigenvalue weighted by Gasteiger charge is -2.22. The molecule has 1 aliphatic heterocycles. The molecule has 4 heteroatoms. The summed E-state index contributed by atoms with van der Waals surface area (Å²) in [6, 6.07) is 0.271. The molecule has 1 saturated carbocycles. The van der Waals surface area contributed by atoms with Gasteiger partial charge in [0.25, 0.3) is 0 Å². The third-order valence-corrected chi connectivity index (χ3v) is 4.07. The maximum absolute atomic E-state index is 11.8. The van der Waals surface area contributed by atoms with E-state index in [-0.39, 0.29) is 17.9 Å². The first kappa shape index (κ1) is 12.6. The Morgan fingerprint density at radius 1 is 1.06 bits per heavy atom. The molecule has 1 heterocycles. The molecule has 2 N–H and O–H groups in total. The Labute approximate surface area is 103 Å². The first-order chi connectivity index (χ1) is 8.18. The van der Waals surface area contributed by atoms with Crippen LogP contribution in [0, 0.1) is 5.92 Å². The Hall–Kier alpha value is -0.900. The van der Waals surface area contributed by atoms with Gasteiger partial charge in [-0.1, -0.05) is 6.42 Å². The fourth-order valence-corrected chi connectivity index (χ4v) is 2.93. The van der Waals surface area contributed by atoms with E-state index in [2.05, 4.69) is 0 Å². The highest BCUT2D eigenvalue weighted by Gasteiger charge is 2.28. The van der Waals surface area contributed by atoms with Crippen LogP contribution in [0.3, 0.4) is 0 Å². The van der Waals surface area contributed by atoms with Crippen LogP contribution in [0.15, 0.2) is 0 Å². The van der Waals surface area contributed by atoms with Gasteiger partial charge in [0.1, 0.15) is 0 Å². The van der Waals surface area contributed by atoms with E-state index in [1.165, 1.54) is 11.3 Å². The van der Waals surface area contributed by atoms with Crippen LogP contribution in [0.2, 0.25) is 0 Å². The van der Waals surface area contributed by atoms with E-state index >= 15 is 0 Å². The summed E-state index contributed by atoms with van der Waals surface area (Å²) in [5, 5.41) is 0. The molecule has 0 aromatic rings. The molecule has 2 rings (SSSR count). The summed E-state index contributed by atoms with van der Waals surface area (Å²) >= 11 is 0. The van der Waals surface area contributed by atoms with Gasteiger partial charge in [0.05, 0.1) is 0 Å². The minimum Gasteiger partial charge on any atom is -0.327 e. The summed E-state index contributed by atoms with van der Waals surface area (Å²) in [6.07, 6.45) is 7.08. The maximum Gasteiger partial charge on any atom is 0.229 e. The van der Waals surface area contributed by atoms with Crippen LogP contribution in [0.1, 0.15) is 51.4 Å². The minimum absolute atomic E-state index is 0.0130. The number of amides is 2. The van der Waals surface area contributed by atoms with Gasteiger partial charge in [0, 0.05) is 25.4 Å². The first-order valence-corrected chi connectivity index (χ1v) is 6.77. The van der Waals surface area contributed by atoms with Crippen molar-refractivity contribution in [1.82, 2.24) is 4.90 Å². The Kier molecular flexibility index (Phi) is 4.15. The van der Waals surface area contributed by atoms with Crippen molar-refractivity contribution >= 4 is 11.8 Å². The molecule has 0 aromatic carbocycles. The number of nitrogens with zero attached hydrogens (tertiary/aromatic N) is 1. The predicted molar refractivity (Wildman–Crippen MR) is 65.1 cm³/mol. The molecule has 96 valence electrons. The molecule has 0 radical (unpaired) electrons. The van der Waals surface area contributed by atoms with E-state index in [0.717, 1.165) is 32.1 Å². The van der Waals surface area contributed by atoms with Crippen molar-refractivity contribution in [2.24, 2.45) is 11.7 Å². The van der Waals surface area contributed by atoms with Crippen molar-refractivity contribution in [3.63, 3.8) is 0 Å². The Morgan fingerprint density at radius 3 is 2.24 bits per heavy atom. The van der Waals surface area contributed by atoms with E-state index in [9.17, 15) is 9.59 Å². The number of likely N-dealkylation sites (tertiary alicyclic amines) is 1. The molecule has 1 saturated heterocycles. The summed E-state index contributed by atoms with van der Waals surface area (Å²) in [5.41, 5.74) is 6.01. The summed E-state index contributed by atoms with van der Waals surface area (Å²) in [6.45, 7) is 0.579. The van der Waals surface area contributed by atoms with Crippen LogP contribution < -0.4 is 5.73 Å². The van der Waals surface area contributed by atoms with Crippen molar-refractivity contribution in [2.45, 2.75) is 57.4 Å². The third kappa shape index (κ3) is 3.06. The second-order valence-electron chi connectivity index (χ2n) is 5.29. The Morgan fingerprint density at radius 2 is 1.71 bits per heavy atom. The zero-order valence-electron chi connectivity index (χ0n) is 10.4. The van der Waals surface area contributed by atoms with Gasteiger partial charge >= 0.3 is 0 Å². The number of carbonyl (C=O) groups is 2. The number of carbonyl (C=O) groups excluding carboxylic acids is 2. The van der Waals surface area contributed by atoms with Crippen LogP contribution in [-0.4, -0.2) is 29.3 Å². The zero-order valence-corrected chi connectivity index (χ0v) is 10.4. The number of hydrogen-bond acceptors (Lipinski definition) is 3. The van der Waals surface area contributed by atoms with Crippen molar-refractivity contribution < 1.29 is 9.59 Å². The van der Waals surface area contributed by atoms with Crippen LogP contribution >= 0.6 is 0 Å². The van der Waals surface area contributed by atoms with Gasteiger partial charge in [-0.25, -0.2) is 0 Å². The molecular formula is C13H22N2O2. The second kappa shape index (κ2) is 5.63. The second-order valence-corrected chi connectivity index (χ2v) is 5.29. The molecule has 2 atom stereocenters. The average molecular weight is 238 g/mol. The average Bonchev–Trinajstić information content (AvgIpc) is 2.63. The van der Waals surface area contributed by atoms with Crippen LogP contribution in [0.5, 0.6) is 0 Å². The molecule has 17 heavy (non-hydrogen) atoms. The van der Waals surface area contributed by atoms with Crippen LogP contribution in [0.25, 0.3) is 0 Å². The number of hydrogen-bond donors (Lipinski definition) is 1. The summed E-state index contributed by atoms with van der Waals surface area (Å²) in [5.74, 6) is 0.525. The van der Waals surface area contributed by atoms with Gasteiger partial charge in [-0.3, -0.25) is 14.5 Å². The zero-order chi connectivity index (χ0) is 12.3. The minimum atomic E-state index is 0.0130. The third-order valence-electron chi connectivity index (χ3n) is 4.07. The van der Waals surface area contributed by atoms with E-state index in [0.29, 0.717) is 25.3 Å². The topological polar surface area (TPSA) is 63.4 Å². The molecule has 4 nitrogen and oxygen atoms in total. The molecule has 0 aromatic heterocycles. The fraction of sp³-hybridized carbons (Fsp3) is 0.846. The molecule has 2 unspecified atom stereocenters. The van der Waals surface area contributed by atoms with Crippen molar-refractivity contribution in [2.75, 3.05) is 6.54 Å². The highest BCUT2D eigenvalue weighted by Crippen LogP contribution is 2.27. The Bertz CT molecular complexity index is 286. The fourth-order valence-electron chi connectivity index (χ4n) is 2.93.